The van der Waals surface area contributed by atoms with Crippen molar-refractivity contribution in [2.45, 2.75) is 50.7 Å². The first-order chi connectivity index (χ1) is 23.5. The fourth-order valence-corrected chi connectivity index (χ4v) is 7.54. The van der Waals surface area contributed by atoms with Crippen LogP contribution in [0.2, 0.25) is 0 Å². The highest BCUT2D eigenvalue weighted by Gasteiger charge is 2.43. The fraction of sp³-hybridized carbons (Fsp3) is 0.351. The van der Waals surface area contributed by atoms with Crippen LogP contribution in [0.1, 0.15) is 43.4 Å². The zero-order chi connectivity index (χ0) is 34.8. The number of likely N-dealkylation sites (tertiary alicyclic amines) is 1. The van der Waals surface area contributed by atoms with E-state index in [1.807, 2.05) is 57.4 Å². The quantitative estimate of drug-likeness (QED) is 0.198. The third-order valence-electron chi connectivity index (χ3n) is 10.4. The van der Waals surface area contributed by atoms with E-state index in [9.17, 15) is 19.7 Å². The van der Waals surface area contributed by atoms with Gasteiger partial charge in [0.2, 0.25) is 0 Å². The summed E-state index contributed by atoms with van der Waals surface area (Å²) in [4.78, 5) is 23.2. The summed E-state index contributed by atoms with van der Waals surface area (Å²) in [6.07, 6.45) is 0.770. The lowest BCUT2D eigenvalue weighted by Gasteiger charge is -2.52. The molecular weight excluding hydrogens is 624 g/mol. The van der Waals surface area contributed by atoms with E-state index in [0.29, 0.717) is 75.8 Å². The molecule has 0 saturated carbocycles. The minimum atomic E-state index is -1.07. The number of aryl methyl sites for hydroxylation is 1. The molecule has 1 amide bonds. The van der Waals surface area contributed by atoms with E-state index in [2.05, 4.69) is 45.8 Å². The molecule has 12 heteroatoms. The Balaban J connectivity index is 1.44. The molecule has 0 bridgehead atoms. The molecule has 4 heterocycles. The van der Waals surface area contributed by atoms with Crippen molar-refractivity contribution < 1.29 is 13.6 Å². The molecule has 0 N–H and O–H groups in total. The molecule has 2 aliphatic rings. The maximum atomic E-state index is 17.3. The highest BCUT2D eigenvalue weighted by molar-refractivity contribution is 6.10. The summed E-state index contributed by atoms with van der Waals surface area (Å²) in [7, 11) is 4.05. The van der Waals surface area contributed by atoms with E-state index in [-0.39, 0.29) is 30.1 Å². The molecule has 5 aromatic rings. The summed E-state index contributed by atoms with van der Waals surface area (Å²) < 4.78 is 32.9. The maximum absolute atomic E-state index is 17.3. The van der Waals surface area contributed by atoms with Gasteiger partial charge in [-0.3, -0.25) is 4.79 Å². The Hall–Kier alpha value is -5.46. The highest BCUT2D eigenvalue weighted by atomic mass is 19.1. The number of benzene rings is 3. The van der Waals surface area contributed by atoms with Crippen LogP contribution in [0.3, 0.4) is 0 Å². The van der Waals surface area contributed by atoms with Crippen molar-refractivity contribution in [1.29, 1.82) is 10.5 Å². The molecule has 248 valence electrons. The van der Waals surface area contributed by atoms with Gasteiger partial charge in [0, 0.05) is 42.0 Å². The SMILES string of the molecule is C=C(F)C(=O)N1CC[C@H](n2nnc3c(N4CC(C)(N(C)C)C4)nc4c(F)c(-c5cccc6cccc(C#N)c56)c(C)cc4c32)CC1CC#N. The molecular formula is C37H35F2N9O. The van der Waals surface area contributed by atoms with Gasteiger partial charge >= 0.3 is 0 Å². The first-order valence-corrected chi connectivity index (χ1v) is 16.2. The van der Waals surface area contributed by atoms with Gasteiger partial charge in [0.15, 0.2) is 23.0 Å². The maximum Gasteiger partial charge on any atom is 0.282 e. The highest BCUT2D eigenvalue weighted by Crippen LogP contribution is 2.43. The second-order valence-electron chi connectivity index (χ2n) is 13.6. The second kappa shape index (κ2) is 11.9. The first-order valence-electron chi connectivity index (χ1n) is 16.2. The van der Waals surface area contributed by atoms with Gasteiger partial charge in [-0.15, -0.1) is 5.10 Å². The zero-order valence-corrected chi connectivity index (χ0v) is 27.8. The van der Waals surface area contributed by atoms with Crippen molar-refractivity contribution in [2.75, 3.05) is 38.6 Å². The molecule has 0 radical (unpaired) electrons. The number of carbonyl (C=O) groups excluding carboxylic acids is 1. The standard InChI is InChI=1S/C37H35F2N9O/c1-21-16-28-32(31(39)29(21)27-11-7-9-23-8-6-10-24(18-41)30(23)27)42-35(46-19-37(3,20-46)45(4)5)33-34(28)48(44-43-33)26-13-15-47(36(49)22(2)38)25(17-26)12-14-40/h6-11,16,25-26H,2,12-13,15,17,19-20H2,1,3-5H3/t25?,26-/m0/s1. The minimum absolute atomic E-state index is 0.0133. The summed E-state index contributed by atoms with van der Waals surface area (Å²) in [5, 5.41) is 30.8. The van der Waals surface area contributed by atoms with Crippen molar-refractivity contribution in [3.05, 3.63) is 71.8 Å². The van der Waals surface area contributed by atoms with Crippen LogP contribution in [0, 0.1) is 35.4 Å². The Bertz CT molecular complexity index is 2270. The van der Waals surface area contributed by atoms with Gasteiger partial charge in [0.05, 0.1) is 35.7 Å². The van der Waals surface area contributed by atoms with E-state index >= 15 is 4.39 Å². The number of halogens is 2. The number of likely N-dealkylation sites (N-methyl/N-ethyl adjacent to an activating group) is 1. The van der Waals surface area contributed by atoms with E-state index in [0.717, 1.165) is 5.39 Å². The van der Waals surface area contributed by atoms with Gasteiger partial charge in [0.25, 0.3) is 5.91 Å². The summed E-state index contributed by atoms with van der Waals surface area (Å²) >= 11 is 0. The third kappa shape index (κ3) is 5.06. The number of aromatic nitrogens is 4. The van der Waals surface area contributed by atoms with Crippen LogP contribution >= 0.6 is 0 Å². The van der Waals surface area contributed by atoms with E-state index in [4.69, 9.17) is 4.98 Å². The number of fused-ring (bicyclic) bond motifs is 4. The van der Waals surface area contributed by atoms with Crippen LogP contribution in [0.15, 0.2) is 54.9 Å². The van der Waals surface area contributed by atoms with Crippen LogP contribution in [0.4, 0.5) is 14.6 Å². The number of pyridine rings is 1. The molecule has 2 saturated heterocycles. The largest absolute Gasteiger partial charge is 0.351 e. The first kappa shape index (κ1) is 32.1. The van der Waals surface area contributed by atoms with E-state index in [1.54, 1.807) is 10.7 Å². The molecule has 2 aliphatic heterocycles. The predicted molar refractivity (Wildman–Crippen MR) is 184 cm³/mol. The number of piperidine rings is 1. The number of rotatable bonds is 6. The lowest BCUT2D eigenvalue weighted by molar-refractivity contribution is -0.132. The Morgan fingerprint density at radius 3 is 2.57 bits per heavy atom. The Morgan fingerprint density at radius 2 is 1.90 bits per heavy atom. The molecule has 7 rings (SSSR count). The van der Waals surface area contributed by atoms with Gasteiger partial charge < -0.3 is 14.7 Å². The number of anilines is 1. The number of nitriles is 2. The molecule has 3 aromatic carbocycles. The average molecular weight is 660 g/mol. The molecule has 2 aromatic heterocycles. The predicted octanol–water partition coefficient (Wildman–Crippen LogP) is 6.19. The van der Waals surface area contributed by atoms with Gasteiger partial charge in [-0.05, 0) is 69.4 Å². The number of hydrogen-bond donors (Lipinski definition) is 0. The minimum Gasteiger partial charge on any atom is -0.351 e. The van der Waals surface area contributed by atoms with Gasteiger partial charge in [-0.1, -0.05) is 42.1 Å². The summed E-state index contributed by atoms with van der Waals surface area (Å²) in [6, 6.07) is 16.5. The molecule has 49 heavy (non-hydrogen) atoms. The lowest BCUT2D eigenvalue weighted by Crippen LogP contribution is -2.67. The Labute approximate surface area is 282 Å². The fourth-order valence-electron chi connectivity index (χ4n) is 7.54. The van der Waals surface area contributed by atoms with Crippen LogP contribution in [-0.2, 0) is 4.79 Å². The Morgan fingerprint density at radius 1 is 1.16 bits per heavy atom. The van der Waals surface area contributed by atoms with E-state index in [1.165, 1.54) is 4.90 Å². The molecule has 0 spiro atoms. The van der Waals surface area contributed by atoms with E-state index < -0.39 is 23.6 Å². The normalized spacial score (nSPS) is 18.9. The monoisotopic (exact) mass is 659 g/mol. The van der Waals surface area contributed by atoms with Crippen LogP contribution in [-0.4, -0.2) is 81.0 Å². The number of hydrogen-bond acceptors (Lipinski definition) is 8. The lowest BCUT2D eigenvalue weighted by atomic mass is 9.90. The summed E-state index contributed by atoms with van der Waals surface area (Å²) in [5.41, 5.74) is 3.27. The number of carbonyl (C=O) groups is 1. The number of nitrogens with zero attached hydrogens (tertiary/aromatic N) is 9. The topological polar surface area (TPSA) is 118 Å². The molecule has 2 atom stereocenters. The van der Waals surface area contributed by atoms with Crippen LogP contribution < -0.4 is 4.90 Å². The summed E-state index contributed by atoms with van der Waals surface area (Å²) in [6.45, 7) is 8.66. The van der Waals surface area contributed by atoms with Gasteiger partial charge in [0.1, 0.15) is 11.0 Å². The molecule has 2 fully saturated rings. The average Bonchev–Trinajstić information content (AvgIpc) is 3.52. The van der Waals surface area contributed by atoms with Crippen molar-refractivity contribution in [1.82, 2.24) is 29.8 Å². The van der Waals surface area contributed by atoms with Crippen LogP contribution in [0.25, 0.3) is 43.8 Å². The number of amides is 1. The summed E-state index contributed by atoms with van der Waals surface area (Å²) in [5.74, 6) is -1.87. The van der Waals surface area contributed by atoms with Crippen LogP contribution in [0.5, 0.6) is 0 Å². The van der Waals surface area contributed by atoms with Crippen molar-refractivity contribution in [2.24, 2.45) is 0 Å². The molecule has 10 nitrogen and oxygen atoms in total. The van der Waals surface area contributed by atoms with Crippen molar-refractivity contribution in [3.8, 4) is 23.3 Å². The van der Waals surface area contributed by atoms with Crippen molar-refractivity contribution >= 4 is 44.4 Å². The molecule has 0 aliphatic carbocycles. The van der Waals surface area contributed by atoms with Crippen molar-refractivity contribution in [3.63, 3.8) is 0 Å². The smallest absolute Gasteiger partial charge is 0.282 e. The van der Waals surface area contributed by atoms with Gasteiger partial charge in [-0.2, -0.15) is 10.5 Å². The third-order valence-corrected chi connectivity index (χ3v) is 10.4. The zero-order valence-electron chi connectivity index (χ0n) is 27.8. The second-order valence-corrected chi connectivity index (χ2v) is 13.6. The van der Waals surface area contributed by atoms with Gasteiger partial charge in [-0.25, -0.2) is 18.4 Å². The Kier molecular flexibility index (Phi) is 7.80. The molecule has 1 unspecified atom stereocenters.